The fraction of sp³-hybridized carbons (Fsp3) is 0.450. The molecule has 1 amide bonds. The molecule has 1 saturated carbocycles. The van der Waals surface area contributed by atoms with Gasteiger partial charge in [0.2, 0.25) is 0 Å². The molecule has 0 bridgehead atoms. The summed E-state index contributed by atoms with van der Waals surface area (Å²) in [5.74, 6) is -0.820. The van der Waals surface area contributed by atoms with Gasteiger partial charge in [-0.25, -0.2) is 14.2 Å². The van der Waals surface area contributed by atoms with Crippen LogP contribution in [-0.4, -0.2) is 29.0 Å². The number of rotatable bonds is 5. The Hall–Kier alpha value is -2.28. The molecule has 1 aromatic carbocycles. The van der Waals surface area contributed by atoms with E-state index in [0.29, 0.717) is 10.9 Å². The van der Waals surface area contributed by atoms with Crippen molar-refractivity contribution in [3.63, 3.8) is 0 Å². The number of aromatic nitrogens is 1. The summed E-state index contributed by atoms with van der Waals surface area (Å²) in [6, 6.07) is 6.02. The minimum absolute atomic E-state index is 0.136. The average molecular weight is 390 g/mol. The highest BCUT2D eigenvalue weighted by atomic mass is 32.1. The molecule has 1 aliphatic rings. The molecule has 7 heteroatoms. The van der Waals surface area contributed by atoms with E-state index >= 15 is 0 Å². The molecule has 3 atom stereocenters. The lowest BCUT2D eigenvalue weighted by Crippen LogP contribution is -2.46. The first-order chi connectivity index (χ1) is 12.9. The monoisotopic (exact) mass is 390 g/mol. The maximum Gasteiger partial charge on any atom is 0.358 e. The summed E-state index contributed by atoms with van der Waals surface area (Å²) in [5, 5.41) is 5.16. The molecular formula is C20H23FN2O3S. The van der Waals surface area contributed by atoms with Crippen LogP contribution in [0.1, 0.15) is 50.0 Å². The SMILES string of the molecule is C[C@@H](OC(=O)c1csc(-c2ccc(F)cc2)n1)C(=O)N[C@H]1CCCC[C@@H]1C. The molecule has 1 fully saturated rings. The second-order valence-corrected chi connectivity index (χ2v) is 7.83. The number of thiazole rings is 1. The minimum Gasteiger partial charge on any atom is -0.448 e. The molecule has 0 spiro atoms. The van der Waals surface area contributed by atoms with Gasteiger partial charge < -0.3 is 10.1 Å². The average Bonchev–Trinajstić information content (AvgIpc) is 3.14. The van der Waals surface area contributed by atoms with Crippen LogP contribution in [0.25, 0.3) is 10.6 Å². The Morgan fingerprint density at radius 2 is 1.96 bits per heavy atom. The highest BCUT2D eigenvalue weighted by Gasteiger charge is 2.27. The molecule has 1 heterocycles. The predicted molar refractivity (Wildman–Crippen MR) is 102 cm³/mol. The smallest absolute Gasteiger partial charge is 0.358 e. The quantitative estimate of drug-likeness (QED) is 0.778. The Morgan fingerprint density at radius 1 is 1.26 bits per heavy atom. The normalized spacial score (nSPS) is 20.7. The largest absolute Gasteiger partial charge is 0.448 e. The molecule has 0 unspecified atom stereocenters. The van der Waals surface area contributed by atoms with Crippen LogP contribution in [0.5, 0.6) is 0 Å². The fourth-order valence-electron chi connectivity index (χ4n) is 3.20. The van der Waals surface area contributed by atoms with Gasteiger partial charge in [-0.15, -0.1) is 11.3 Å². The van der Waals surface area contributed by atoms with Crippen molar-refractivity contribution in [2.45, 2.75) is 51.7 Å². The first kappa shape index (κ1) is 19.5. The van der Waals surface area contributed by atoms with Crippen molar-refractivity contribution in [3.05, 3.63) is 41.2 Å². The van der Waals surface area contributed by atoms with Crippen LogP contribution in [0.3, 0.4) is 0 Å². The highest BCUT2D eigenvalue weighted by Crippen LogP contribution is 2.25. The van der Waals surface area contributed by atoms with Gasteiger partial charge in [0.15, 0.2) is 11.8 Å². The standard InChI is InChI=1S/C20H23FN2O3S/c1-12-5-3-4-6-16(12)22-18(24)13(2)26-20(25)17-11-27-19(23-17)14-7-9-15(21)10-8-14/h7-13,16H,3-6H2,1-2H3,(H,22,24)/t12-,13+,16-/m0/s1. The number of ether oxygens (including phenoxy) is 1. The van der Waals surface area contributed by atoms with Gasteiger partial charge in [0.1, 0.15) is 10.8 Å². The zero-order valence-corrected chi connectivity index (χ0v) is 16.2. The van der Waals surface area contributed by atoms with Gasteiger partial charge in [-0.05, 0) is 49.9 Å². The molecule has 0 radical (unpaired) electrons. The lowest BCUT2D eigenvalue weighted by Gasteiger charge is -2.30. The van der Waals surface area contributed by atoms with E-state index in [1.807, 2.05) is 0 Å². The van der Waals surface area contributed by atoms with Crippen LogP contribution in [0, 0.1) is 11.7 Å². The zero-order chi connectivity index (χ0) is 19.4. The van der Waals surface area contributed by atoms with Crippen molar-refractivity contribution in [1.82, 2.24) is 10.3 Å². The molecule has 1 N–H and O–H groups in total. The van der Waals surface area contributed by atoms with Gasteiger partial charge in [-0.1, -0.05) is 19.8 Å². The highest BCUT2D eigenvalue weighted by molar-refractivity contribution is 7.13. The van der Waals surface area contributed by atoms with E-state index in [9.17, 15) is 14.0 Å². The van der Waals surface area contributed by atoms with Crippen molar-refractivity contribution in [2.24, 2.45) is 5.92 Å². The lowest BCUT2D eigenvalue weighted by atomic mass is 9.86. The molecule has 5 nitrogen and oxygen atoms in total. The van der Waals surface area contributed by atoms with Crippen molar-refractivity contribution < 1.29 is 18.7 Å². The number of nitrogens with zero attached hydrogens (tertiary/aromatic N) is 1. The summed E-state index contributed by atoms with van der Waals surface area (Å²) in [6.45, 7) is 3.70. The number of hydrogen-bond acceptors (Lipinski definition) is 5. The first-order valence-corrected chi connectivity index (χ1v) is 10.0. The van der Waals surface area contributed by atoms with E-state index in [1.54, 1.807) is 24.4 Å². The van der Waals surface area contributed by atoms with Crippen LogP contribution >= 0.6 is 11.3 Å². The third kappa shape index (κ3) is 4.91. The van der Waals surface area contributed by atoms with Crippen molar-refractivity contribution >= 4 is 23.2 Å². The maximum absolute atomic E-state index is 13.0. The third-order valence-corrected chi connectivity index (χ3v) is 5.79. The van der Waals surface area contributed by atoms with Crippen LogP contribution in [0.4, 0.5) is 4.39 Å². The number of amides is 1. The summed E-state index contributed by atoms with van der Waals surface area (Å²) >= 11 is 1.27. The summed E-state index contributed by atoms with van der Waals surface area (Å²) in [4.78, 5) is 28.9. The number of carbonyl (C=O) groups excluding carboxylic acids is 2. The van der Waals surface area contributed by atoms with Crippen LogP contribution in [0.2, 0.25) is 0 Å². The van der Waals surface area contributed by atoms with E-state index in [0.717, 1.165) is 24.8 Å². The molecule has 1 aliphatic carbocycles. The Morgan fingerprint density at radius 3 is 2.67 bits per heavy atom. The number of benzene rings is 1. The second-order valence-electron chi connectivity index (χ2n) is 6.97. The lowest BCUT2D eigenvalue weighted by molar-refractivity contribution is -0.130. The van der Waals surface area contributed by atoms with Crippen LogP contribution in [-0.2, 0) is 9.53 Å². The van der Waals surface area contributed by atoms with Gasteiger partial charge in [-0.3, -0.25) is 4.79 Å². The number of halogens is 1. The van der Waals surface area contributed by atoms with Crippen molar-refractivity contribution in [1.29, 1.82) is 0 Å². The number of nitrogens with one attached hydrogen (secondary N) is 1. The van der Waals surface area contributed by atoms with E-state index in [4.69, 9.17) is 4.74 Å². The van der Waals surface area contributed by atoms with Gasteiger partial charge in [0.25, 0.3) is 5.91 Å². The topological polar surface area (TPSA) is 68.3 Å². The first-order valence-electron chi connectivity index (χ1n) is 9.17. The molecule has 0 aliphatic heterocycles. The Bertz CT molecular complexity index is 806. The molecular weight excluding hydrogens is 367 g/mol. The minimum atomic E-state index is -0.886. The molecule has 0 saturated heterocycles. The van der Waals surface area contributed by atoms with Crippen LogP contribution in [0.15, 0.2) is 29.6 Å². The van der Waals surface area contributed by atoms with Gasteiger partial charge in [0.05, 0.1) is 0 Å². The van der Waals surface area contributed by atoms with Crippen LogP contribution < -0.4 is 5.32 Å². The van der Waals surface area contributed by atoms with Gasteiger partial charge in [-0.2, -0.15) is 0 Å². The summed E-state index contributed by atoms with van der Waals surface area (Å²) < 4.78 is 18.3. The summed E-state index contributed by atoms with van der Waals surface area (Å²) in [6.07, 6.45) is 3.47. The maximum atomic E-state index is 13.0. The second kappa shape index (κ2) is 8.61. The Labute approximate surface area is 162 Å². The molecule has 144 valence electrons. The number of esters is 1. The van der Waals surface area contributed by atoms with Crippen molar-refractivity contribution in [2.75, 3.05) is 0 Å². The summed E-state index contributed by atoms with van der Waals surface area (Å²) in [7, 11) is 0. The van der Waals surface area contributed by atoms with Gasteiger partial charge in [0, 0.05) is 17.0 Å². The van der Waals surface area contributed by atoms with E-state index in [1.165, 1.54) is 29.9 Å². The van der Waals surface area contributed by atoms with E-state index in [2.05, 4.69) is 17.2 Å². The summed E-state index contributed by atoms with van der Waals surface area (Å²) in [5.41, 5.74) is 0.863. The molecule has 2 aromatic rings. The number of carbonyl (C=O) groups is 2. The van der Waals surface area contributed by atoms with Gasteiger partial charge >= 0.3 is 5.97 Å². The fourth-order valence-corrected chi connectivity index (χ4v) is 3.99. The zero-order valence-electron chi connectivity index (χ0n) is 15.4. The molecule has 27 heavy (non-hydrogen) atoms. The van der Waals surface area contributed by atoms with E-state index in [-0.39, 0.29) is 23.5 Å². The predicted octanol–water partition coefficient (Wildman–Crippen LogP) is 4.19. The third-order valence-electron chi connectivity index (χ3n) is 4.90. The molecule has 1 aromatic heterocycles. The van der Waals surface area contributed by atoms with Crippen molar-refractivity contribution in [3.8, 4) is 10.6 Å². The molecule has 3 rings (SSSR count). The Kier molecular flexibility index (Phi) is 6.21. The Balaban J connectivity index is 1.58. The number of hydrogen-bond donors (Lipinski definition) is 1. The van der Waals surface area contributed by atoms with E-state index < -0.39 is 12.1 Å².